The van der Waals surface area contributed by atoms with E-state index in [0.29, 0.717) is 5.92 Å². The second-order valence-corrected chi connectivity index (χ2v) is 7.08. The molecule has 106 valence electrons. The molecule has 0 spiro atoms. The van der Waals surface area contributed by atoms with Crippen molar-refractivity contribution in [3.63, 3.8) is 0 Å². The summed E-state index contributed by atoms with van der Waals surface area (Å²) < 4.78 is 4.84. The minimum Gasteiger partial charge on any atom is -0.467 e. The first kappa shape index (κ1) is 15.5. The first-order valence-electron chi connectivity index (χ1n) is 6.94. The van der Waals surface area contributed by atoms with E-state index in [1.165, 1.54) is 7.11 Å². The predicted molar refractivity (Wildman–Crippen MR) is 72.1 cm³/mol. The van der Waals surface area contributed by atoms with Gasteiger partial charge in [-0.25, -0.2) is 4.79 Å². The molecule has 3 unspecified atom stereocenters. The Bertz CT molecular complexity index is 309. The molecular weight excluding hydrogens is 228 g/mol. The van der Waals surface area contributed by atoms with Gasteiger partial charge in [0.2, 0.25) is 0 Å². The fourth-order valence-electron chi connectivity index (χ4n) is 3.72. The molecule has 0 aromatic heterocycles. The Labute approximate surface area is 111 Å². The highest BCUT2D eigenvalue weighted by Gasteiger charge is 2.51. The number of carbonyl (C=O) groups excluding carboxylic acids is 1. The van der Waals surface area contributed by atoms with Crippen LogP contribution in [0, 0.1) is 23.2 Å². The van der Waals surface area contributed by atoms with E-state index in [4.69, 9.17) is 4.74 Å². The molecule has 0 aromatic rings. The van der Waals surface area contributed by atoms with E-state index in [0.717, 1.165) is 19.3 Å². The lowest BCUT2D eigenvalue weighted by atomic mass is 9.61. The minimum atomic E-state index is -1.35. The van der Waals surface area contributed by atoms with Crippen LogP contribution in [0.1, 0.15) is 53.9 Å². The van der Waals surface area contributed by atoms with Gasteiger partial charge < -0.3 is 9.84 Å². The van der Waals surface area contributed by atoms with Crippen LogP contribution in [0.2, 0.25) is 0 Å². The van der Waals surface area contributed by atoms with Crippen molar-refractivity contribution in [2.24, 2.45) is 23.2 Å². The maximum Gasteiger partial charge on any atom is 0.338 e. The second kappa shape index (κ2) is 5.20. The number of hydrogen-bond donors (Lipinski definition) is 1. The molecule has 1 saturated carbocycles. The van der Waals surface area contributed by atoms with Gasteiger partial charge in [-0.3, -0.25) is 0 Å². The largest absolute Gasteiger partial charge is 0.467 e. The van der Waals surface area contributed by atoms with Gasteiger partial charge in [0, 0.05) is 0 Å². The number of hydrogen-bond acceptors (Lipinski definition) is 3. The summed E-state index contributed by atoms with van der Waals surface area (Å²) >= 11 is 0. The van der Waals surface area contributed by atoms with Crippen LogP contribution in [-0.2, 0) is 9.53 Å². The summed E-state index contributed by atoms with van der Waals surface area (Å²) in [6.07, 6.45) is 2.92. The van der Waals surface area contributed by atoms with Gasteiger partial charge in [-0.15, -0.1) is 0 Å². The lowest BCUT2D eigenvalue weighted by molar-refractivity contribution is -0.180. The van der Waals surface area contributed by atoms with Gasteiger partial charge in [0.1, 0.15) is 0 Å². The third-order valence-electron chi connectivity index (χ3n) is 4.40. The Kier molecular flexibility index (Phi) is 4.47. The zero-order chi connectivity index (χ0) is 14.1. The summed E-state index contributed by atoms with van der Waals surface area (Å²) in [5.74, 6) is -0.0826. The van der Waals surface area contributed by atoms with Crippen molar-refractivity contribution < 1.29 is 14.6 Å². The summed E-state index contributed by atoms with van der Waals surface area (Å²) in [5, 5.41) is 10.9. The number of methoxy groups -OCH3 is 1. The van der Waals surface area contributed by atoms with Crippen molar-refractivity contribution in [3.05, 3.63) is 0 Å². The Balaban J connectivity index is 3.03. The number of ether oxygens (including phenoxy) is 1. The van der Waals surface area contributed by atoms with Crippen molar-refractivity contribution in [2.45, 2.75) is 59.5 Å². The Hall–Kier alpha value is -0.570. The Morgan fingerprint density at radius 3 is 2.33 bits per heavy atom. The topological polar surface area (TPSA) is 46.5 Å². The van der Waals surface area contributed by atoms with Crippen molar-refractivity contribution in [3.8, 4) is 0 Å². The molecule has 1 aliphatic rings. The van der Waals surface area contributed by atoms with E-state index in [-0.39, 0.29) is 17.3 Å². The summed E-state index contributed by atoms with van der Waals surface area (Å²) in [5.41, 5.74) is -1.17. The lowest BCUT2D eigenvalue weighted by Crippen LogP contribution is -2.54. The molecule has 0 bridgehead atoms. The van der Waals surface area contributed by atoms with Crippen molar-refractivity contribution in [2.75, 3.05) is 7.11 Å². The van der Waals surface area contributed by atoms with E-state index in [1.807, 2.05) is 13.8 Å². The molecule has 0 amide bonds. The molecule has 1 rings (SSSR count). The van der Waals surface area contributed by atoms with Gasteiger partial charge in [0.15, 0.2) is 5.60 Å². The molecule has 0 radical (unpaired) electrons. The van der Waals surface area contributed by atoms with Crippen LogP contribution in [0.5, 0.6) is 0 Å². The number of esters is 1. The zero-order valence-corrected chi connectivity index (χ0v) is 12.6. The van der Waals surface area contributed by atoms with Gasteiger partial charge in [0.05, 0.1) is 7.11 Å². The number of carbonyl (C=O) groups is 1. The molecule has 1 N–H and O–H groups in total. The summed E-state index contributed by atoms with van der Waals surface area (Å²) in [6.45, 7) is 10.4. The van der Waals surface area contributed by atoms with Gasteiger partial charge in [-0.05, 0) is 42.4 Å². The molecular formula is C15H28O3. The maximum atomic E-state index is 12.0. The average molecular weight is 256 g/mol. The van der Waals surface area contributed by atoms with Gasteiger partial charge in [0.25, 0.3) is 0 Å². The number of aliphatic hydroxyl groups is 1. The van der Waals surface area contributed by atoms with Crippen LogP contribution in [0.3, 0.4) is 0 Å². The van der Waals surface area contributed by atoms with Crippen LogP contribution >= 0.6 is 0 Å². The Morgan fingerprint density at radius 1 is 1.39 bits per heavy atom. The second-order valence-electron chi connectivity index (χ2n) is 7.08. The normalized spacial score (nSPS) is 30.9. The molecule has 3 heteroatoms. The van der Waals surface area contributed by atoms with Gasteiger partial charge >= 0.3 is 5.97 Å². The smallest absolute Gasteiger partial charge is 0.338 e. The van der Waals surface area contributed by atoms with E-state index in [2.05, 4.69) is 20.8 Å². The first-order chi connectivity index (χ1) is 8.13. The average Bonchev–Trinajstić information content (AvgIpc) is 2.23. The molecule has 0 heterocycles. The third-order valence-corrected chi connectivity index (χ3v) is 4.40. The number of rotatable bonds is 3. The summed E-state index contributed by atoms with van der Waals surface area (Å²) in [6, 6.07) is 0. The zero-order valence-electron chi connectivity index (χ0n) is 12.6. The molecule has 1 aliphatic carbocycles. The first-order valence-corrected chi connectivity index (χ1v) is 6.94. The summed E-state index contributed by atoms with van der Waals surface area (Å²) in [7, 11) is 1.35. The highest BCUT2D eigenvalue weighted by atomic mass is 16.5. The minimum absolute atomic E-state index is 0.0105. The SMILES string of the molecule is COC(=O)C(O)(C(C)C)C1CC(C)CC(C)(C)C1. The Morgan fingerprint density at radius 2 is 1.94 bits per heavy atom. The van der Waals surface area contributed by atoms with Gasteiger partial charge in [-0.2, -0.15) is 0 Å². The fourth-order valence-corrected chi connectivity index (χ4v) is 3.72. The van der Waals surface area contributed by atoms with Crippen LogP contribution < -0.4 is 0 Å². The standard InChI is InChI=1S/C15H28O3/c1-10(2)15(17,13(16)18-6)12-7-11(3)8-14(4,5)9-12/h10-12,17H,7-9H2,1-6H3. The van der Waals surface area contributed by atoms with Gasteiger partial charge in [-0.1, -0.05) is 34.6 Å². The molecule has 0 aliphatic heterocycles. The van der Waals surface area contributed by atoms with Crippen LogP contribution in [-0.4, -0.2) is 23.8 Å². The highest BCUT2D eigenvalue weighted by molar-refractivity contribution is 5.80. The van der Waals surface area contributed by atoms with Crippen molar-refractivity contribution in [1.82, 2.24) is 0 Å². The molecule has 18 heavy (non-hydrogen) atoms. The highest BCUT2D eigenvalue weighted by Crippen LogP contribution is 2.47. The fraction of sp³-hybridized carbons (Fsp3) is 0.933. The molecule has 0 aromatic carbocycles. The van der Waals surface area contributed by atoms with Crippen LogP contribution in [0.25, 0.3) is 0 Å². The lowest BCUT2D eigenvalue weighted by Gasteiger charge is -2.46. The van der Waals surface area contributed by atoms with E-state index < -0.39 is 11.6 Å². The summed E-state index contributed by atoms with van der Waals surface area (Å²) in [4.78, 5) is 12.0. The maximum absolute atomic E-state index is 12.0. The predicted octanol–water partition coefficient (Wildman–Crippen LogP) is 3.01. The van der Waals surface area contributed by atoms with Crippen molar-refractivity contribution in [1.29, 1.82) is 0 Å². The molecule has 1 fully saturated rings. The van der Waals surface area contributed by atoms with E-state index in [9.17, 15) is 9.90 Å². The van der Waals surface area contributed by atoms with E-state index >= 15 is 0 Å². The van der Waals surface area contributed by atoms with Crippen molar-refractivity contribution >= 4 is 5.97 Å². The van der Waals surface area contributed by atoms with E-state index in [1.54, 1.807) is 0 Å². The quantitative estimate of drug-likeness (QED) is 0.790. The van der Waals surface area contributed by atoms with Crippen LogP contribution in [0.4, 0.5) is 0 Å². The third kappa shape index (κ3) is 2.87. The molecule has 3 nitrogen and oxygen atoms in total. The monoisotopic (exact) mass is 256 g/mol. The molecule has 3 atom stereocenters. The van der Waals surface area contributed by atoms with Crippen LogP contribution in [0.15, 0.2) is 0 Å². The molecule has 0 saturated heterocycles.